The molecule has 0 N–H and O–H groups in total. The smallest absolute Gasteiger partial charge is 0.337 e. The van der Waals surface area contributed by atoms with Gasteiger partial charge in [0.05, 0.1) is 36.4 Å². The lowest BCUT2D eigenvalue weighted by molar-refractivity contribution is 0.0600. The van der Waals surface area contributed by atoms with Crippen molar-refractivity contribution in [3.8, 4) is 17.6 Å². The molecule has 0 heterocycles. The van der Waals surface area contributed by atoms with E-state index in [9.17, 15) is 4.79 Å². The zero-order chi connectivity index (χ0) is 17.7. The molecular formula is C18H16ClNO4. The fourth-order valence-electron chi connectivity index (χ4n) is 2.22. The molecule has 6 heteroatoms. The third kappa shape index (κ3) is 3.79. The van der Waals surface area contributed by atoms with Crippen LogP contribution in [0.5, 0.6) is 11.5 Å². The number of carbonyl (C=O) groups is 1. The summed E-state index contributed by atoms with van der Waals surface area (Å²) in [4.78, 5) is 11.5. The zero-order valence-electron chi connectivity index (χ0n) is 13.5. The number of esters is 1. The lowest BCUT2D eigenvalue weighted by Gasteiger charge is -2.19. The van der Waals surface area contributed by atoms with Gasteiger partial charge in [0.25, 0.3) is 0 Å². The van der Waals surface area contributed by atoms with Gasteiger partial charge in [-0.2, -0.15) is 5.26 Å². The lowest BCUT2D eigenvalue weighted by Crippen LogP contribution is -2.07. The number of hydrogen-bond donors (Lipinski definition) is 0. The quantitative estimate of drug-likeness (QED) is 0.761. The van der Waals surface area contributed by atoms with Gasteiger partial charge in [-0.1, -0.05) is 11.6 Å². The van der Waals surface area contributed by atoms with E-state index in [2.05, 4.69) is 10.8 Å². The predicted molar refractivity (Wildman–Crippen MR) is 89.5 cm³/mol. The van der Waals surface area contributed by atoms with Gasteiger partial charge in [-0.15, -0.1) is 0 Å². The Balaban J connectivity index is 2.28. The highest BCUT2D eigenvalue weighted by molar-refractivity contribution is 6.32. The van der Waals surface area contributed by atoms with Crippen molar-refractivity contribution >= 4 is 17.6 Å². The van der Waals surface area contributed by atoms with Gasteiger partial charge in [-0.3, -0.25) is 0 Å². The Morgan fingerprint density at radius 1 is 1.17 bits per heavy atom. The first-order chi connectivity index (χ1) is 11.5. The fraction of sp³-hybridized carbons (Fsp3) is 0.222. The first-order valence-electron chi connectivity index (χ1n) is 7.12. The van der Waals surface area contributed by atoms with Crippen LogP contribution in [-0.2, 0) is 4.74 Å². The first-order valence-corrected chi connectivity index (χ1v) is 7.50. The minimum atomic E-state index is -0.472. The first kappa shape index (κ1) is 17.6. The minimum Gasteiger partial charge on any atom is -0.496 e. The van der Waals surface area contributed by atoms with Crippen LogP contribution in [0.15, 0.2) is 36.4 Å². The topological polar surface area (TPSA) is 68.5 Å². The summed E-state index contributed by atoms with van der Waals surface area (Å²) in [6, 6.07) is 11.8. The Bertz CT molecular complexity index is 798. The maximum atomic E-state index is 11.5. The average molecular weight is 346 g/mol. The molecule has 5 nitrogen and oxygen atoms in total. The van der Waals surface area contributed by atoms with Crippen LogP contribution in [0.2, 0.25) is 5.02 Å². The highest BCUT2D eigenvalue weighted by Crippen LogP contribution is 2.33. The molecule has 2 aromatic rings. The molecular weight excluding hydrogens is 330 g/mol. The number of carbonyl (C=O) groups excluding carboxylic acids is 1. The molecule has 0 radical (unpaired) electrons. The SMILES string of the molecule is COC(=O)c1ccc(OC(C)c2cc(C#N)ccc2OC)c(Cl)c1. The second kappa shape index (κ2) is 7.71. The van der Waals surface area contributed by atoms with Crippen LogP contribution in [0.25, 0.3) is 0 Å². The summed E-state index contributed by atoms with van der Waals surface area (Å²) in [5, 5.41) is 9.34. The normalized spacial score (nSPS) is 11.3. The largest absolute Gasteiger partial charge is 0.496 e. The lowest BCUT2D eigenvalue weighted by atomic mass is 10.1. The monoisotopic (exact) mass is 345 g/mol. The number of rotatable bonds is 5. The Hall–Kier alpha value is -2.71. The molecule has 0 bridgehead atoms. The fourth-order valence-corrected chi connectivity index (χ4v) is 2.44. The van der Waals surface area contributed by atoms with Crippen molar-refractivity contribution in [2.75, 3.05) is 14.2 Å². The van der Waals surface area contributed by atoms with Crippen molar-refractivity contribution in [1.82, 2.24) is 0 Å². The van der Waals surface area contributed by atoms with E-state index >= 15 is 0 Å². The molecule has 124 valence electrons. The third-order valence-electron chi connectivity index (χ3n) is 3.45. The molecule has 0 fully saturated rings. The van der Waals surface area contributed by atoms with Crippen molar-refractivity contribution in [1.29, 1.82) is 5.26 Å². The van der Waals surface area contributed by atoms with Crippen LogP contribution >= 0.6 is 11.6 Å². The molecule has 0 spiro atoms. The van der Waals surface area contributed by atoms with Gasteiger partial charge >= 0.3 is 5.97 Å². The number of nitrogens with zero attached hydrogens (tertiary/aromatic N) is 1. The Kier molecular flexibility index (Phi) is 5.67. The second-order valence-electron chi connectivity index (χ2n) is 4.97. The van der Waals surface area contributed by atoms with Crippen LogP contribution in [0.4, 0.5) is 0 Å². The molecule has 2 aromatic carbocycles. The maximum absolute atomic E-state index is 11.5. The van der Waals surface area contributed by atoms with Gasteiger partial charge in [-0.25, -0.2) is 4.79 Å². The number of ether oxygens (including phenoxy) is 3. The van der Waals surface area contributed by atoms with E-state index in [1.54, 1.807) is 37.4 Å². The molecule has 2 rings (SSSR count). The number of hydrogen-bond acceptors (Lipinski definition) is 5. The van der Waals surface area contributed by atoms with Gasteiger partial charge < -0.3 is 14.2 Å². The summed E-state index contributed by atoms with van der Waals surface area (Å²) in [5.41, 5.74) is 1.57. The second-order valence-corrected chi connectivity index (χ2v) is 5.37. The highest BCUT2D eigenvalue weighted by Gasteiger charge is 2.17. The van der Waals surface area contributed by atoms with Crippen LogP contribution in [0.1, 0.15) is 34.5 Å². The number of methoxy groups -OCH3 is 2. The van der Waals surface area contributed by atoms with Gasteiger partial charge in [-0.05, 0) is 43.3 Å². The van der Waals surface area contributed by atoms with Crippen LogP contribution in [0, 0.1) is 11.3 Å². The molecule has 1 atom stereocenters. The third-order valence-corrected chi connectivity index (χ3v) is 3.75. The highest BCUT2D eigenvalue weighted by atomic mass is 35.5. The van der Waals surface area contributed by atoms with Gasteiger partial charge in [0.1, 0.15) is 17.6 Å². The van der Waals surface area contributed by atoms with Crippen LogP contribution in [0.3, 0.4) is 0 Å². The number of halogens is 1. The minimum absolute atomic E-state index is 0.292. The average Bonchev–Trinajstić information content (AvgIpc) is 2.61. The van der Waals surface area contributed by atoms with E-state index in [-0.39, 0.29) is 0 Å². The van der Waals surface area contributed by atoms with E-state index in [1.165, 1.54) is 13.2 Å². The Morgan fingerprint density at radius 2 is 1.88 bits per heavy atom. The standard InChI is InChI=1S/C18H16ClNO4/c1-11(14-8-12(10-20)4-6-16(14)22-2)24-17-7-5-13(9-15(17)19)18(21)23-3/h4-9,11H,1-3H3. The van der Waals surface area contributed by atoms with Crippen molar-refractivity contribution < 1.29 is 19.0 Å². The molecule has 24 heavy (non-hydrogen) atoms. The van der Waals surface area contributed by atoms with E-state index in [0.717, 1.165) is 5.56 Å². The molecule has 0 amide bonds. The molecule has 0 saturated carbocycles. The molecule has 0 aliphatic heterocycles. The predicted octanol–water partition coefficient (Wildman–Crippen LogP) is 4.15. The molecule has 0 saturated heterocycles. The van der Waals surface area contributed by atoms with Gasteiger partial charge in [0, 0.05) is 5.56 Å². The number of nitriles is 1. The summed E-state index contributed by atoms with van der Waals surface area (Å²) in [5.74, 6) is 0.560. The van der Waals surface area contributed by atoms with Crippen molar-refractivity contribution in [2.24, 2.45) is 0 Å². The van der Waals surface area contributed by atoms with E-state index < -0.39 is 12.1 Å². The summed E-state index contributed by atoms with van der Waals surface area (Å²) < 4.78 is 15.8. The van der Waals surface area contributed by atoms with Gasteiger partial charge in [0.15, 0.2) is 0 Å². The summed E-state index contributed by atoms with van der Waals surface area (Å²) in [6.07, 6.45) is -0.408. The van der Waals surface area contributed by atoms with Crippen LogP contribution < -0.4 is 9.47 Å². The Labute approximate surface area is 145 Å². The van der Waals surface area contributed by atoms with Crippen molar-refractivity contribution in [3.05, 3.63) is 58.1 Å². The van der Waals surface area contributed by atoms with Crippen molar-refractivity contribution in [3.63, 3.8) is 0 Å². The van der Waals surface area contributed by atoms with Crippen LogP contribution in [-0.4, -0.2) is 20.2 Å². The van der Waals surface area contributed by atoms with E-state index in [1.807, 2.05) is 6.92 Å². The van der Waals surface area contributed by atoms with E-state index in [0.29, 0.717) is 27.6 Å². The molecule has 1 unspecified atom stereocenters. The van der Waals surface area contributed by atoms with Crippen molar-refractivity contribution in [2.45, 2.75) is 13.0 Å². The molecule has 0 aliphatic rings. The molecule has 0 aromatic heterocycles. The summed E-state index contributed by atoms with van der Waals surface area (Å²) in [7, 11) is 2.85. The number of benzene rings is 2. The van der Waals surface area contributed by atoms with E-state index in [4.69, 9.17) is 26.3 Å². The van der Waals surface area contributed by atoms with Gasteiger partial charge in [0.2, 0.25) is 0 Å². The summed E-state index contributed by atoms with van der Waals surface area (Å²) >= 11 is 6.18. The summed E-state index contributed by atoms with van der Waals surface area (Å²) in [6.45, 7) is 1.82. The Morgan fingerprint density at radius 3 is 2.46 bits per heavy atom. The maximum Gasteiger partial charge on any atom is 0.337 e. The zero-order valence-corrected chi connectivity index (χ0v) is 14.3. The molecule has 0 aliphatic carbocycles.